The van der Waals surface area contributed by atoms with Crippen molar-refractivity contribution in [2.24, 2.45) is 0 Å². The van der Waals surface area contributed by atoms with E-state index in [0.717, 1.165) is 10.5 Å². The number of aromatic nitrogens is 2. The Morgan fingerprint density at radius 3 is 2.61 bits per heavy atom. The van der Waals surface area contributed by atoms with E-state index in [1.54, 1.807) is 37.3 Å². The normalized spacial score (nSPS) is 14.0. The van der Waals surface area contributed by atoms with E-state index in [0.29, 0.717) is 11.1 Å². The molecule has 0 bridgehead atoms. The smallest absolute Gasteiger partial charge is 0.329 e. The summed E-state index contributed by atoms with van der Waals surface area (Å²) in [5.74, 6) is -2.16. The zero-order valence-corrected chi connectivity index (χ0v) is 17.0. The van der Waals surface area contributed by atoms with Crippen LogP contribution in [-0.4, -0.2) is 38.9 Å². The fourth-order valence-corrected chi connectivity index (χ4v) is 3.25. The number of amides is 2. The molecule has 1 atom stereocenters. The number of benzene rings is 2. The summed E-state index contributed by atoms with van der Waals surface area (Å²) < 4.78 is 23.9. The van der Waals surface area contributed by atoms with Gasteiger partial charge in [0.15, 0.2) is 6.61 Å². The first-order valence-electron chi connectivity index (χ1n) is 9.50. The second kappa shape index (κ2) is 7.75. The number of esters is 1. The molecule has 0 saturated heterocycles. The third kappa shape index (κ3) is 3.70. The molecule has 31 heavy (non-hydrogen) atoms. The zero-order chi connectivity index (χ0) is 22.3. The molecule has 2 heterocycles. The Bertz CT molecular complexity index is 1220. The summed E-state index contributed by atoms with van der Waals surface area (Å²) in [6.07, 6.45) is 0. The van der Waals surface area contributed by atoms with Gasteiger partial charge in [0.25, 0.3) is 17.7 Å². The molecule has 3 aromatic rings. The lowest BCUT2D eigenvalue weighted by molar-refractivity contribution is -0.149. The third-order valence-corrected chi connectivity index (χ3v) is 5.04. The fourth-order valence-electron chi connectivity index (χ4n) is 3.25. The lowest BCUT2D eigenvalue weighted by Gasteiger charge is -2.20. The minimum Gasteiger partial charge on any atom is -0.454 e. The number of carbonyl (C=O) groups excluding carboxylic acids is 3. The van der Waals surface area contributed by atoms with Crippen LogP contribution in [0.4, 0.5) is 4.39 Å². The molecule has 1 aromatic heterocycles. The van der Waals surface area contributed by atoms with Crippen LogP contribution in [0.1, 0.15) is 44.7 Å². The topological polar surface area (TPSA) is 103 Å². The summed E-state index contributed by atoms with van der Waals surface area (Å²) in [7, 11) is 0. The van der Waals surface area contributed by atoms with E-state index in [-0.39, 0.29) is 29.4 Å². The van der Waals surface area contributed by atoms with E-state index in [4.69, 9.17) is 9.26 Å². The SMILES string of the molecule is Cc1ccc2c(c1)C(=O)N(C(C)C(=O)OCc1nc(-c3ccc(C)c(F)c3)no1)C2=O. The van der Waals surface area contributed by atoms with Gasteiger partial charge in [-0.1, -0.05) is 28.9 Å². The minimum atomic E-state index is -1.14. The van der Waals surface area contributed by atoms with E-state index in [1.165, 1.54) is 13.0 Å². The summed E-state index contributed by atoms with van der Waals surface area (Å²) in [6, 6.07) is 8.28. The highest BCUT2D eigenvalue weighted by Crippen LogP contribution is 2.26. The highest BCUT2D eigenvalue weighted by molar-refractivity contribution is 6.22. The van der Waals surface area contributed by atoms with Crippen molar-refractivity contribution in [1.29, 1.82) is 0 Å². The predicted octanol–water partition coefficient (Wildman–Crippen LogP) is 3.22. The fraction of sp³-hybridized carbons (Fsp3) is 0.227. The van der Waals surface area contributed by atoms with E-state index in [9.17, 15) is 18.8 Å². The molecule has 9 heteroatoms. The number of hydrogen-bond acceptors (Lipinski definition) is 7. The maximum absolute atomic E-state index is 13.7. The molecule has 1 unspecified atom stereocenters. The number of halogens is 1. The number of ether oxygens (including phenoxy) is 1. The van der Waals surface area contributed by atoms with Gasteiger partial charge in [-0.2, -0.15) is 4.98 Å². The molecule has 0 saturated carbocycles. The second-order valence-corrected chi connectivity index (χ2v) is 7.29. The maximum atomic E-state index is 13.7. The molecule has 0 fully saturated rings. The van der Waals surface area contributed by atoms with Crippen molar-refractivity contribution in [3.63, 3.8) is 0 Å². The van der Waals surface area contributed by atoms with E-state index in [1.807, 2.05) is 6.92 Å². The summed E-state index contributed by atoms with van der Waals surface area (Å²) in [6.45, 7) is 4.50. The van der Waals surface area contributed by atoms with Crippen LogP contribution >= 0.6 is 0 Å². The predicted molar refractivity (Wildman–Crippen MR) is 105 cm³/mol. The number of aryl methyl sites for hydroxylation is 2. The highest BCUT2D eigenvalue weighted by Gasteiger charge is 2.41. The van der Waals surface area contributed by atoms with Crippen molar-refractivity contribution in [3.8, 4) is 11.4 Å². The van der Waals surface area contributed by atoms with Crippen LogP contribution in [0.25, 0.3) is 11.4 Å². The van der Waals surface area contributed by atoms with Crippen molar-refractivity contribution >= 4 is 17.8 Å². The van der Waals surface area contributed by atoms with Gasteiger partial charge < -0.3 is 9.26 Å². The molecule has 0 radical (unpaired) electrons. The van der Waals surface area contributed by atoms with Crippen LogP contribution in [0, 0.1) is 19.7 Å². The zero-order valence-electron chi connectivity index (χ0n) is 17.0. The van der Waals surface area contributed by atoms with Gasteiger partial charge in [0.1, 0.15) is 11.9 Å². The maximum Gasteiger partial charge on any atom is 0.329 e. The largest absolute Gasteiger partial charge is 0.454 e. The number of nitrogens with zero attached hydrogens (tertiary/aromatic N) is 3. The summed E-state index contributed by atoms with van der Waals surface area (Å²) >= 11 is 0. The van der Waals surface area contributed by atoms with Gasteiger partial charge in [0, 0.05) is 5.56 Å². The Hall–Kier alpha value is -3.88. The molecule has 1 aliphatic rings. The van der Waals surface area contributed by atoms with Crippen molar-refractivity contribution in [1.82, 2.24) is 15.0 Å². The van der Waals surface area contributed by atoms with Crippen LogP contribution < -0.4 is 0 Å². The Morgan fingerprint density at radius 2 is 1.87 bits per heavy atom. The molecule has 1 aliphatic heterocycles. The number of imide groups is 1. The molecule has 8 nitrogen and oxygen atoms in total. The van der Waals surface area contributed by atoms with Crippen LogP contribution in [0.15, 0.2) is 40.9 Å². The van der Waals surface area contributed by atoms with Gasteiger partial charge in [-0.15, -0.1) is 0 Å². The van der Waals surface area contributed by atoms with Gasteiger partial charge >= 0.3 is 5.97 Å². The van der Waals surface area contributed by atoms with Crippen molar-refractivity contribution in [2.45, 2.75) is 33.4 Å². The molecular weight excluding hydrogens is 405 g/mol. The van der Waals surface area contributed by atoms with Gasteiger partial charge in [0.05, 0.1) is 11.1 Å². The quantitative estimate of drug-likeness (QED) is 0.459. The first kappa shape index (κ1) is 20.4. The lowest BCUT2D eigenvalue weighted by Crippen LogP contribution is -2.43. The standard InChI is InChI=1S/C22H18FN3O5/c1-11-4-7-15-16(8-11)21(28)26(20(15)27)13(3)22(29)30-10-18-24-19(25-31-18)14-6-5-12(2)17(23)9-14/h4-9,13H,10H2,1-3H3. The number of rotatable bonds is 5. The number of fused-ring (bicyclic) bond motifs is 1. The van der Waals surface area contributed by atoms with Gasteiger partial charge in [-0.05, 0) is 44.5 Å². The minimum absolute atomic E-state index is 0.00507. The van der Waals surface area contributed by atoms with Gasteiger partial charge in [-0.25, -0.2) is 9.18 Å². The second-order valence-electron chi connectivity index (χ2n) is 7.29. The van der Waals surface area contributed by atoms with Crippen molar-refractivity contribution in [3.05, 3.63) is 70.4 Å². The van der Waals surface area contributed by atoms with Crippen LogP contribution in [0.5, 0.6) is 0 Å². The number of carbonyl (C=O) groups is 3. The summed E-state index contributed by atoms with van der Waals surface area (Å²) in [4.78, 5) is 42.6. The molecule has 0 spiro atoms. The average molecular weight is 423 g/mol. The highest BCUT2D eigenvalue weighted by atomic mass is 19.1. The Kier molecular flexibility index (Phi) is 5.10. The summed E-state index contributed by atoms with van der Waals surface area (Å²) in [5, 5.41) is 3.75. The molecule has 158 valence electrons. The summed E-state index contributed by atoms with van der Waals surface area (Å²) in [5.41, 5.74) is 2.24. The van der Waals surface area contributed by atoms with Crippen LogP contribution in [0.2, 0.25) is 0 Å². The van der Waals surface area contributed by atoms with E-state index < -0.39 is 29.6 Å². The molecule has 0 N–H and O–H groups in total. The molecule has 2 amide bonds. The van der Waals surface area contributed by atoms with Gasteiger partial charge in [-0.3, -0.25) is 14.5 Å². The van der Waals surface area contributed by atoms with E-state index >= 15 is 0 Å². The molecular formula is C22H18FN3O5. The Morgan fingerprint density at radius 1 is 1.13 bits per heavy atom. The first-order valence-corrected chi connectivity index (χ1v) is 9.50. The lowest BCUT2D eigenvalue weighted by atomic mass is 10.1. The molecule has 4 rings (SSSR count). The van der Waals surface area contributed by atoms with Gasteiger partial charge in [0.2, 0.25) is 5.82 Å². The van der Waals surface area contributed by atoms with Crippen molar-refractivity contribution in [2.75, 3.05) is 0 Å². The Labute approximate surface area is 176 Å². The molecule has 2 aromatic carbocycles. The number of hydrogen-bond donors (Lipinski definition) is 0. The van der Waals surface area contributed by atoms with Crippen LogP contribution in [-0.2, 0) is 16.1 Å². The third-order valence-electron chi connectivity index (χ3n) is 5.04. The van der Waals surface area contributed by atoms with Crippen LogP contribution in [0.3, 0.4) is 0 Å². The molecule has 0 aliphatic carbocycles. The van der Waals surface area contributed by atoms with E-state index in [2.05, 4.69) is 10.1 Å². The first-order chi connectivity index (χ1) is 14.8. The average Bonchev–Trinajstić information content (AvgIpc) is 3.31. The monoisotopic (exact) mass is 423 g/mol. The van der Waals surface area contributed by atoms with Crippen molar-refractivity contribution < 1.29 is 28.0 Å². The Balaban J connectivity index is 1.42.